The lowest BCUT2D eigenvalue weighted by Gasteiger charge is -2.18. The quantitative estimate of drug-likeness (QED) is 0.720. The second kappa shape index (κ2) is 7.55. The van der Waals surface area contributed by atoms with Crippen LogP contribution in [-0.2, 0) is 6.54 Å². The number of thiophene rings is 1. The van der Waals surface area contributed by atoms with Crippen molar-refractivity contribution in [2.75, 3.05) is 19.6 Å². The van der Waals surface area contributed by atoms with Gasteiger partial charge in [-0.15, -0.1) is 11.3 Å². The van der Waals surface area contributed by atoms with Gasteiger partial charge in [-0.1, -0.05) is 26.0 Å². The van der Waals surface area contributed by atoms with E-state index in [1.165, 1.54) is 28.0 Å². The summed E-state index contributed by atoms with van der Waals surface area (Å²) in [6.45, 7) is 8.71. The van der Waals surface area contributed by atoms with Crippen LogP contribution in [0.2, 0.25) is 0 Å². The number of aryl methyl sites for hydroxylation is 1. The Morgan fingerprint density at radius 1 is 1.15 bits per heavy atom. The van der Waals surface area contributed by atoms with E-state index in [0.29, 0.717) is 23.3 Å². The van der Waals surface area contributed by atoms with Gasteiger partial charge in [-0.25, -0.2) is 9.18 Å². The van der Waals surface area contributed by atoms with E-state index in [-0.39, 0.29) is 17.1 Å². The van der Waals surface area contributed by atoms with Crippen molar-refractivity contribution < 1.29 is 4.39 Å². The summed E-state index contributed by atoms with van der Waals surface area (Å²) in [4.78, 5) is 31.9. The molecule has 3 rings (SSSR count). The molecule has 0 saturated carbocycles. The first-order valence-electron chi connectivity index (χ1n) is 8.70. The molecule has 1 N–H and O–H groups in total. The Bertz CT molecular complexity index is 1030. The zero-order valence-electron chi connectivity index (χ0n) is 15.1. The molecule has 0 aliphatic rings. The Kier molecular flexibility index (Phi) is 5.38. The normalized spacial score (nSPS) is 11.6. The van der Waals surface area contributed by atoms with Gasteiger partial charge < -0.3 is 4.90 Å². The van der Waals surface area contributed by atoms with E-state index in [9.17, 15) is 14.0 Å². The van der Waals surface area contributed by atoms with Gasteiger partial charge in [0.05, 0.1) is 5.39 Å². The molecule has 0 atom stereocenters. The summed E-state index contributed by atoms with van der Waals surface area (Å²) in [6, 6.07) is 6.08. The van der Waals surface area contributed by atoms with E-state index < -0.39 is 0 Å². The molecule has 0 saturated heterocycles. The van der Waals surface area contributed by atoms with E-state index >= 15 is 0 Å². The Morgan fingerprint density at radius 2 is 1.81 bits per heavy atom. The highest BCUT2D eigenvalue weighted by atomic mass is 32.1. The highest BCUT2D eigenvalue weighted by Gasteiger charge is 2.18. The summed E-state index contributed by atoms with van der Waals surface area (Å²) in [5.41, 5.74) is 0.860. The highest BCUT2D eigenvalue weighted by molar-refractivity contribution is 7.19. The van der Waals surface area contributed by atoms with E-state index in [0.717, 1.165) is 29.1 Å². The van der Waals surface area contributed by atoms with Crippen LogP contribution in [0.25, 0.3) is 21.3 Å². The number of rotatable bonds is 6. The number of nitrogens with one attached hydrogen (secondary N) is 1. The van der Waals surface area contributed by atoms with Crippen molar-refractivity contribution in [3.63, 3.8) is 0 Å². The van der Waals surface area contributed by atoms with E-state index in [2.05, 4.69) is 23.7 Å². The van der Waals surface area contributed by atoms with Crippen molar-refractivity contribution in [2.24, 2.45) is 0 Å². The number of likely N-dealkylation sites (N-methyl/N-ethyl adjacent to an activating group) is 1. The lowest BCUT2D eigenvalue weighted by atomic mass is 10.0. The van der Waals surface area contributed by atoms with Gasteiger partial charge in [-0.2, -0.15) is 0 Å². The number of hydrogen-bond acceptors (Lipinski definition) is 4. The topological polar surface area (TPSA) is 58.1 Å². The number of fused-ring (bicyclic) bond motifs is 1. The number of H-pyrrole nitrogens is 1. The average Bonchev–Trinajstić information content (AvgIpc) is 2.94. The number of halogens is 1. The van der Waals surface area contributed by atoms with Crippen molar-refractivity contribution in [2.45, 2.75) is 27.3 Å². The molecule has 7 heteroatoms. The summed E-state index contributed by atoms with van der Waals surface area (Å²) in [5.74, 6) is -0.323. The maximum absolute atomic E-state index is 13.3. The maximum Gasteiger partial charge on any atom is 0.329 e. The third-order valence-corrected chi connectivity index (χ3v) is 5.70. The summed E-state index contributed by atoms with van der Waals surface area (Å²) < 4.78 is 14.5. The number of benzene rings is 1. The predicted molar refractivity (Wildman–Crippen MR) is 105 cm³/mol. The molecule has 0 bridgehead atoms. The van der Waals surface area contributed by atoms with Crippen molar-refractivity contribution >= 4 is 21.6 Å². The summed E-state index contributed by atoms with van der Waals surface area (Å²) >= 11 is 1.38. The first-order valence-corrected chi connectivity index (χ1v) is 9.52. The largest absolute Gasteiger partial charge is 0.329 e. The van der Waals surface area contributed by atoms with Crippen LogP contribution in [0.3, 0.4) is 0 Å². The Balaban J connectivity index is 2.15. The standard InChI is InChI=1S/C19H22FN3O2S/c1-4-22(5-2)10-11-23-18(24)16-15(13-6-8-14(20)9-7-13)12(3)26-17(16)21-19(23)25/h6-9H,4-5,10-11H2,1-3H3,(H,21,25). The first kappa shape index (κ1) is 18.5. The van der Waals surface area contributed by atoms with Crippen LogP contribution < -0.4 is 11.2 Å². The molecule has 3 aromatic rings. The highest BCUT2D eigenvalue weighted by Crippen LogP contribution is 2.35. The molecule has 0 unspecified atom stereocenters. The van der Waals surface area contributed by atoms with Crippen LogP contribution in [0.4, 0.5) is 4.39 Å². The molecule has 0 aliphatic heterocycles. The van der Waals surface area contributed by atoms with Crippen molar-refractivity contribution in [3.8, 4) is 11.1 Å². The Morgan fingerprint density at radius 3 is 2.42 bits per heavy atom. The molecule has 0 fully saturated rings. The van der Waals surface area contributed by atoms with Crippen molar-refractivity contribution in [1.82, 2.24) is 14.5 Å². The fraction of sp³-hybridized carbons (Fsp3) is 0.368. The van der Waals surface area contributed by atoms with Gasteiger partial charge in [0.15, 0.2) is 0 Å². The predicted octanol–water partition coefficient (Wildman–Crippen LogP) is 3.21. The maximum atomic E-state index is 13.3. The van der Waals surface area contributed by atoms with Gasteiger partial charge in [-0.3, -0.25) is 14.3 Å². The molecule has 0 aliphatic carbocycles. The minimum atomic E-state index is -0.387. The second-order valence-electron chi connectivity index (χ2n) is 6.16. The van der Waals surface area contributed by atoms with Crippen LogP contribution in [0.15, 0.2) is 33.9 Å². The fourth-order valence-corrected chi connectivity index (χ4v) is 4.24. The van der Waals surface area contributed by atoms with Crippen LogP contribution in [0.5, 0.6) is 0 Å². The first-order chi connectivity index (χ1) is 12.5. The number of aromatic amines is 1. The van der Waals surface area contributed by atoms with Crippen molar-refractivity contribution in [1.29, 1.82) is 0 Å². The SMILES string of the molecule is CCN(CC)CCn1c(=O)[nH]c2sc(C)c(-c3ccc(F)cc3)c2c1=O. The second-order valence-corrected chi connectivity index (χ2v) is 7.38. The number of aromatic nitrogens is 2. The molecule has 0 radical (unpaired) electrons. The number of nitrogens with zero attached hydrogens (tertiary/aromatic N) is 2. The minimum Gasteiger partial charge on any atom is -0.302 e. The van der Waals surface area contributed by atoms with E-state index in [1.807, 2.05) is 6.92 Å². The van der Waals surface area contributed by atoms with E-state index in [4.69, 9.17) is 0 Å². The number of hydrogen-bond donors (Lipinski definition) is 1. The average molecular weight is 375 g/mol. The van der Waals surface area contributed by atoms with Gasteiger partial charge in [-0.05, 0) is 37.7 Å². The van der Waals surface area contributed by atoms with Gasteiger partial charge in [0, 0.05) is 23.5 Å². The monoisotopic (exact) mass is 375 g/mol. The molecule has 26 heavy (non-hydrogen) atoms. The molecule has 2 heterocycles. The van der Waals surface area contributed by atoms with Gasteiger partial charge in [0.25, 0.3) is 5.56 Å². The molecule has 0 amide bonds. The zero-order valence-corrected chi connectivity index (χ0v) is 16.0. The molecule has 138 valence electrons. The third kappa shape index (κ3) is 3.37. The lowest BCUT2D eigenvalue weighted by Crippen LogP contribution is -2.39. The summed E-state index contributed by atoms with van der Waals surface area (Å²) in [7, 11) is 0. The lowest BCUT2D eigenvalue weighted by molar-refractivity contribution is 0.287. The zero-order chi connectivity index (χ0) is 18.8. The van der Waals surface area contributed by atoms with Crippen LogP contribution in [0.1, 0.15) is 18.7 Å². The summed E-state index contributed by atoms with van der Waals surface area (Å²) in [6.07, 6.45) is 0. The Labute approximate surface area is 154 Å². The fourth-order valence-electron chi connectivity index (χ4n) is 3.18. The van der Waals surface area contributed by atoms with Crippen LogP contribution >= 0.6 is 11.3 Å². The van der Waals surface area contributed by atoms with E-state index in [1.54, 1.807) is 12.1 Å². The van der Waals surface area contributed by atoms with Gasteiger partial charge in [0.2, 0.25) is 0 Å². The molecule has 5 nitrogen and oxygen atoms in total. The van der Waals surface area contributed by atoms with Crippen LogP contribution in [0, 0.1) is 12.7 Å². The van der Waals surface area contributed by atoms with Crippen LogP contribution in [-0.4, -0.2) is 34.1 Å². The molecule has 2 aromatic heterocycles. The molecule has 1 aromatic carbocycles. The third-order valence-electron chi connectivity index (χ3n) is 4.68. The summed E-state index contributed by atoms with van der Waals surface area (Å²) in [5, 5.41) is 0.498. The van der Waals surface area contributed by atoms with Gasteiger partial charge in [0.1, 0.15) is 10.6 Å². The smallest absolute Gasteiger partial charge is 0.302 e. The molecular formula is C19H22FN3O2S. The minimum absolute atomic E-state index is 0.292. The Hall–Kier alpha value is -2.25. The molecular weight excluding hydrogens is 353 g/mol. The van der Waals surface area contributed by atoms with Crippen molar-refractivity contribution in [3.05, 3.63) is 55.8 Å². The van der Waals surface area contributed by atoms with Gasteiger partial charge >= 0.3 is 5.69 Å². The molecule has 0 spiro atoms.